The van der Waals surface area contributed by atoms with Crippen LogP contribution in [0.2, 0.25) is 0 Å². The molecule has 1 aliphatic rings. The van der Waals surface area contributed by atoms with Crippen LogP contribution in [-0.2, 0) is 4.74 Å². The van der Waals surface area contributed by atoms with Crippen LogP contribution in [0.4, 0.5) is 10.5 Å². The molecule has 0 bridgehead atoms. The van der Waals surface area contributed by atoms with Gasteiger partial charge in [0, 0.05) is 38.4 Å². The zero-order valence-electron chi connectivity index (χ0n) is 16.7. The van der Waals surface area contributed by atoms with Gasteiger partial charge < -0.3 is 19.1 Å². The first kappa shape index (κ1) is 19.2. The highest BCUT2D eigenvalue weighted by Crippen LogP contribution is 2.29. The second-order valence-electron chi connectivity index (χ2n) is 8.16. The number of nitrogens with zero attached hydrogens (tertiary/aromatic N) is 4. The number of carbonyl (C=O) groups excluding carboxylic acids is 1. The Bertz CT molecular complexity index is 777. The number of rotatable bonds is 3. The zero-order valence-corrected chi connectivity index (χ0v) is 16.7. The molecule has 1 atom stereocenters. The topological polar surface area (TPSA) is 71.7 Å². The third-order valence-electron chi connectivity index (χ3n) is 4.51. The molecule has 146 valence electrons. The van der Waals surface area contributed by atoms with Crippen molar-refractivity contribution < 1.29 is 14.1 Å². The van der Waals surface area contributed by atoms with E-state index >= 15 is 0 Å². The number of aromatic nitrogens is 2. The van der Waals surface area contributed by atoms with E-state index in [1.165, 1.54) is 0 Å². The van der Waals surface area contributed by atoms with E-state index in [0.717, 1.165) is 24.1 Å². The predicted octanol–water partition coefficient (Wildman–Crippen LogP) is 3.92. The Balaban J connectivity index is 1.69. The molecule has 1 aliphatic heterocycles. The summed E-state index contributed by atoms with van der Waals surface area (Å²) in [6.07, 6.45) is 1.52. The zero-order chi connectivity index (χ0) is 19.6. The molecule has 2 aromatic rings. The summed E-state index contributed by atoms with van der Waals surface area (Å²) in [7, 11) is 4.00. The summed E-state index contributed by atoms with van der Waals surface area (Å²) < 4.78 is 11.0. The van der Waals surface area contributed by atoms with Crippen molar-refractivity contribution in [3.63, 3.8) is 0 Å². The lowest BCUT2D eigenvalue weighted by molar-refractivity contribution is 0.0189. The van der Waals surface area contributed by atoms with Crippen LogP contribution in [0.3, 0.4) is 0 Å². The van der Waals surface area contributed by atoms with Gasteiger partial charge in [0.1, 0.15) is 5.60 Å². The molecule has 1 amide bonds. The predicted molar refractivity (Wildman–Crippen MR) is 104 cm³/mol. The van der Waals surface area contributed by atoms with Crippen molar-refractivity contribution in [2.24, 2.45) is 0 Å². The highest BCUT2D eigenvalue weighted by atomic mass is 16.6. The van der Waals surface area contributed by atoms with Crippen LogP contribution in [0, 0.1) is 0 Å². The van der Waals surface area contributed by atoms with Crippen molar-refractivity contribution in [2.45, 2.75) is 45.1 Å². The fourth-order valence-electron chi connectivity index (χ4n) is 3.10. The second-order valence-corrected chi connectivity index (χ2v) is 8.16. The average Bonchev–Trinajstić information content (AvgIpc) is 3.10. The summed E-state index contributed by atoms with van der Waals surface area (Å²) in [6.45, 7) is 6.85. The Morgan fingerprint density at radius 1 is 1.26 bits per heavy atom. The van der Waals surface area contributed by atoms with E-state index in [-0.39, 0.29) is 12.0 Å². The number of ether oxygens (including phenoxy) is 1. The second kappa shape index (κ2) is 7.58. The van der Waals surface area contributed by atoms with Crippen molar-refractivity contribution in [1.82, 2.24) is 15.0 Å². The fraction of sp³-hybridized carbons (Fsp3) is 0.550. The fourth-order valence-corrected chi connectivity index (χ4v) is 3.10. The molecule has 7 nitrogen and oxygen atoms in total. The number of piperidine rings is 1. The van der Waals surface area contributed by atoms with Crippen LogP contribution < -0.4 is 4.90 Å². The van der Waals surface area contributed by atoms with Gasteiger partial charge in [0.2, 0.25) is 11.7 Å². The van der Waals surface area contributed by atoms with E-state index in [0.29, 0.717) is 24.8 Å². The van der Waals surface area contributed by atoms with E-state index in [1.54, 1.807) is 4.90 Å². The largest absolute Gasteiger partial charge is 0.444 e. The van der Waals surface area contributed by atoms with Crippen molar-refractivity contribution in [1.29, 1.82) is 0 Å². The van der Waals surface area contributed by atoms with Gasteiger partial charge in [-0.1, -0.05) is 5.16 Å². The number of carbonyl (C=O) groups is 1. The van der Waals surface area contributed by atoms with Crippen molar-refractivity contribution in [2.75, 3.05) is 32.1 Å². The van der Waals surface area contributed by atoms with Crippen LogP contribution in [0.5, 0.6) is 0 Å². The van der Waals surface area contributed by atoms with Crippen molar-refractivity contribution in [3.8, 4) is 11.4 Å². The average molecular weight is 372 g/mol. The summed E-state index contributed by atoms with van der Waals surface area (Å²) >= 11 is 0. The lowest BCUT2D eigenvalue weighted by atomic mass is 9.98. The lowest BCUT2D eigenvalue weighted by Gasteiger charge is -2.32. The molecule has 7 heteroatoms. The summed E-state index contributed by atoms with van der Waals surface area (Å²) in [5, 5.41) is 4.13. The first-order chi connectivity index (χ1) is 12.7. The summed E-state index contributed by atoms with van der Waals surface area (Å²) in [6, 6.07) is 8.02. The van der Waals surface area contributed by atoms with E-state index in [9.17, 15) is 4.79 Å². The van der Waals surface area contributed by atoms with E-state index in [2.05, 4.69) is 10.1 Å². The molecular weight excluding hydrogens is 344 g/mol. The third-order valence-corrected chi connectivity index (χ3v) is 4.51. The molecule has 0 spiro atoms. The monoisotopic (exact) mass is 372 g/mol. The maximum absolute atomic E-state index is 12.3. The lowest BCUT2D eigenvalue weighted by Crippen LogP contribution is -2.42. The molecule has 0 N–H and O–H groups in total. The molecule has 1 unspecified atom stereocenters. The molecule has 1 fully saturated rings. The van der Waals surface area contributed by atoms with Gasteiger partial charge in [0.05, 0.1) is 5.92 Å². The molecule has 0 radical (unpaired) electrons. The van der Waals surface area contributed by atoms with E-state index in [1.807, 2.05) is 64.0 Å². The van der Waals surface area contributed by atoms with Crippen LogP contribution in [0.25, 0.3) is 11.4 Å². The van der Waals surface area contributed by atoms with Crippen LogP contribution in [0.1, 0.15) is 45.4 Å². The first-order valence-corrected chi connectivity index (χ1v) is 9.32. The number of hydrogen-bond acceptors (Lipinski definition) is 6. The molecular formula is C20H28N4O3. The van der Waals surface area contributed by atoms with Crippen molar-refractivity contribution in [3.05, 3.63) is 30.2 Å². The summed E-state index contributed by atoms with van der Waals surface area (Å²) in [4.78, 5) is 20.7. The van der Waals surface area contributed by atoms with Crippen LogP contribution in [0.15, 0.2) is 28.8 Å². The highest BCUT2D eigenvalue weighted by molar-refractivity contribution is 5.68. The number of amides is 1. The van der Waals surface area contributed by atoms with Gasteiger partial charge in [-0.2, -0.15) is 4.98 Å². The Morgan fingerprint density at radius 2 is 1.96 bits per heavy atom. The standard InChI is InChI=1S/C20H28N4O3/c1-20(2,3)26-19(25)24-12-6-7-15(13-24)18-21-17(22-27-18)14-8-10-16(11-9-14)23(4)5/h8-11,15H,6-7,12-13H2,1-5H3. The van der Waals surface area contributed by atoms with Gasteiger partial charge in [-0.3, -0.25) is 0 Å². The SMILES string of the molecule is CN(C)c1ccc(-c2noc(C3CCCN(C(=O)OC(C)(C)C)C3)n2)cc1. The minimum absolute atomic E-state index is 0.0357. The van der Waals surface area contributed by atoms with Gasteiger partial charge in [0.25, 0.3) is 0 Å². The smallest absolute Gasteiger partial charge is 0.410 e. The Hall–Kier alpha value is -2.57. The van der Waals surface area contributed by atoms with Gasteiger partial charge in [-0.25, -0.2) is 4.79 Å². The Kier molecular flexibility index (Phi) is 5.39. The number of anilines is 1. The molecule has 1 saturated heterocycles. The van der Waals surface area contributed by atoms with Crippen LogP contribution >= 0.6 is 0 Å². The molecule has 1 aromatic heterocycles. The maximum atomic E-state index is 12.3. The Morgan fingerprint density at radius 3 is 2.59 bits per heavy atom. The van der Waals surface area contributed by atoms with E-state index < -0.39 is 5.60 Å². The van der Waals surface area contributed by atoms with Gasteiger partial charge >= 0.3 is 6.09 Å². The number of hydrogen-bond donors (Lipinski definition) is 0. The minimum Gasteiger partial charge on any atom is -0.444 e. The summed E-state index contributed by atoms with van der Waals surface area (Å²) in [5.74, 6) is 1.19. The molecule has 1 aromatic carbocycles. The third kappa shape index (κ3) is 4.78. The normalized spacial score (nSPS) is 17.7. The number of benzene rings is 1. The molecule has 3 rings (SSSR count). The summed E-state index contributed by atoms with van der Waals surface area (Å²) in [5.41, 5.74) is 1.53. The van der Waals surface area contributed by atoms with Gasteiger partial charge in [-0.15, -0.1) is 0 Å². The van der Waals surface area contributed by atoms with Crippen molar-refractivity contribution >= 4 is 11.8 Å². The van der Waals surface area contributed by atoms with Gasteiger partial charge in [0.15, 0.2) is 0 Å². The molecule has 0 saturated carbocycles. The number of likely N-dealkylation sites (tertiary alicyclic amines) is 1. The quantitative estimate of drug-likeness (QED) is 0.813. The molecule has 27 heavy (non-hydrogen) atoms. The maximum Gasteiger partial charge on any atom is 0.410 e. The van der Waals surface area contributed by atoms with E-state index in [4.69, 9.17) is 9.26 Å². The molecule has 0 aliphatic carbocycles. The van der Waals surface area contributed by atoms with Gasteiger partial charge in [-0.05, 0) is 57.9 Å². The highest BCUT2D eigenvalue weighted by Gasteiger charge is 2.31. The minimum atomic E-state index is -0.500. The Labute approximate surface area is 160 Å². The first-order valence-electron chi connectivity index (χ1n) is 9.32. The molecule has 2 heterocycles. The van der Waals surface area contributed by atoms with Crippen LogP contribution in [-0.4, -0.2) is 53.9 Å².